The average Bonchev–Trinajstić information content (AvgIpc) is 2.94. The summed E-state index contributed by atoms with van der Waals surface area (Å²) >= 11 is 0. The van der Waals surface area contributed by atoms with Gasteiger partial charge in [-0.1, -0.05) is 24.3 Å². The van der Waals surface area contributed by atoms with E-state index in [2.05, 4.69) is 16.0 Å². The number of nitrogens with zero attached hydrogens (tertiary/aromatic N) is 1. The molecule has 2 aromatic rings. The Balaban J connectivity index is 2.10. The number of pyridine rings is 1. The van der Waals surface area contributed by atoms with Crippen molar-refractivity contribution in [3.63, 3.8) is 0 Å². The van der Waals surface area contributed by atoms with Crippen LogP contribution in [0.5, 0.6) is 0 Å². The number of carboxylic acid groups (broad SMARTS) is 1. The predicted molar refractivity (Wildman–Crippen MR) is 146 cm³/mol. The number of ether oxygens (including phenoxy) is 1. The zero-order valence-corrected chi connectivity index (χ0v) is 23.1. The number of carbonyl (C=O) groups excluding carboxylic acids is 4. The van der Waals surface area contributed by atoms with Crippen molar-refractivity contribution in [3.05, 3.63) is 76.2 Å². The number of anilines is 1. The SMILES string of the molecule is CCOC(=O)C=CCC[C@H](NC(=O)CCC(=O)O)C(=O)Nc1cccn(CC(=O)NCc2ccccc2C(F)(F)F)c1=O. The highest BCUT2D eigenvalue weighted by molar-refractivity contribution is 5.97. The van der Waals surface area contributed by atoms with Gasteiger partial charge in [-0.2, -0.15) is 13.2 Å². The minimum Gasteiger partial charge on any atom is -0.481 e. The maximum Gasteiger partial charge on any atom is 0.416 e. The molecule has 0 aliphatic carbocycles. The molecule has 2 rings (SSSR count). The Morgan fingerprint density at radius 1 is 1.05 bits per heavy atom. The Morgan fingerprint density at radius 2 is 1.77 bits per heavy atom. The number of benzene rings is 1. The lowest BCUT2D eigenvalue weighted by Crippen LogP contribution is -2.44. The third-order valence-electron chi connectivity index (χ3n) is 5.77. The Hall–Kier alpha value is -4.95. The monoisotopic (exact) mass is 608 g/mol. The number of allylic oxidation sites excluding steroid dienone is 1. The smallest absolute Gasteiger partial charge is 0.416 e. The third-order valence-corrected chi connectivity index (χ3v) is 5.77. The minimum atomic E-state index is -4.62. The molecule has 0 aliphatic heterocycles. The van der Waals surface area contributed by atoms with Crippen LogP contribution < -0.4 is 21.5 Å². The van der Waals surface area contributed by atoms with Gasteiger partial charge >= 0.3 is 18.1 Å². The summed E-state index contributed by atoms with van der Waals surface area (Å²) in [6.07, 6.45) is -1.58. The molecule has 1 heterocycles. The first-order valence-corrected chi connectivity index (χ1v) is 13.1. The van der Waals surface area contributed by atoms with Gasteiger partial charge in [-0.05, 0) is 43.5 Å². The summed E-state index contributed by atoms with van der Waals surface area (Å²) in [5.41, 5.74) is -2.13. The fourth-order valence-electron chi connectivity index (χ4n) is 3.72. The highest BCUT2D eigenvalue weighted by Crippen LogP contribution is 2.31. The van der Waals surface area contributed by atoms with Gasteiger partial charge in [-0.15, -0.1) is 0 Å². The highest BCUT2D eigenvalue weighted by atomic mass is 19.4. The van der Waals surface area contributed by atoms with Crippen LogP contribution >= 0.6 is 0 Å². The number of carbonyl (C=O) groups is 5. The average molecular weight is 609 g/mol. The van der Waals surface area contributed by atoms with Gasteiger partial charge in [0.15, 0.2) is 0 Å². The lowest BCUT2D eigenvalue weighted by atomic mass is 10.1. The van der Waals surface area contributed by atoms with Gasteiger partial charge in [0.05, 0.1) is 18.6 Å². The van der Waals surface area contributed by atoms with Crippen LogP contribution in [-0.2, 0) is 48.0 Å². The molecule has 1 aromatic carbocycles. The van der Waals surface area contributed by atoms with Crippen LogP contribution in [0.2, 0.25) is 0 Å². The molecule has 232 valence electrons. The van der Waals surface area contributed by atoms with Gasteiger partial charge in [0.25, 0.3) is 5.56 Å². The number of alkyl halides is 3. The van der Waals surface area contributed by atoms with Crippen molar-refractivity contribution < 1.29 is 47.0 Å². The number of esters is 1. The lowest BCUT2D eigenvalue weighted by molar-refractivity contribution is -0.139. The molecule has 43 heavy (non-hydrogen) atoms. The molecule has 3 amide bonds. The van der Waals surface area contributed by atoms with E-state index in [-0.39, 0.29) is 30.7 Å². The molecule has 4 N–H and O–H groups in total. The van der Waals surface area contributed by atoms with Crippen LogP contribution in [-0.4, -0.2) is 52.0 Å². The summed E-state index contributed by atoms with van der Waals surface area (Å²) < 4.78 is 45.3. The van der Waals surface area contributed by atoms with Crippen molar-refractivity contribution in [1.82, 2.24) is 15.2 Å². The highest BCUT2D eigenvalue weighted by Gasteiger charge is 2.32. The zero-order chi connectivity index (χ0) is 32.0. The van der Waals surface area contributed by atoms with Crippen LogP contribution in [0, 0.1) is 0 Å². The van der Waals surface area contributed by atoms with Crippen molar-refractivity contribution in [2.75, 3.05) is 11.9 Å². The second-order valence-corrected chi connectivity index (χ2v) is 9.02. The van der Waals surface area contributed by atoms with E-state index in [1.54, 1.807) is 6.92 Å². The van der Waals surface area contributed by atoms with Crippen LogP contribution in [0.25, 0.3) is 0 Å². The molecule has 12 nitrogen and oxygen atoms in total. The predicted octanol–water partition coefficient (Wildman–Crippen LogP) is 2.37. The molecule has 0 unspecified atom stereocenters. The largest absolute Gasteiger partial charge is 0.481 e. The molecule has 0 fully saturated rings. The zero-order valence-electron chi connectivity index (χ0n) is 23.1. The van der Waals surface area contributed by atoms with Gasteiger partial charge < -0.3 is 30.4 Å². The molecule has 15 heteroatoms. The van der Waals surface area contributed by atoms with Gasteiger partial charge in [0.1, 0.15) is 18.3 Å². The van der Waals surface area contributed by atoms with Crippen molar-refractivity contribution in [3.8, 4) is 0 Å². The number of hydrogen-bond acceptors (Lipinski definition) is 7. The van der Waals surface area contributed by atoms with E-state index < -0.39 is 78.9 Å². The van der Waals surface area contributed by atoms with E-state index in [4.69, 9.17) is 9.84 Å². The molecule has 1 atom stereocenters. The Kier molecular flexibility index (Phi) is 13.1. The number of carboxylic acids is 1. The minimum absolute atomic E-state index is 0.0244. The first kappa shape index (κ1) is 34.3. The lowest BCUT2D eigenvalue weighted by Gasteiger charge is -2.18. The standard InChI is InChI=1S/C28H31F3N4O8/c1-2-43-25(40)12-6-5-10-20(33-22(36)13-14-24(38)39)26(41)34-21-11-7-15-35(27(21)42)17-23(37)32-16-18-8-3-4-9-19(18)28(29,30)31/h3-4,6-9,11-12,15,20H,2,5,10,13-14,16-17H2,1H3,(H,32,37)(H,33,36)(H,34,41)(H,38,39)/t20-/m0/s1. The molecule has 0 spiro atoms. The van der Waals surface area contributed by atoms with Crippen molar-refractivity contribution in [2.45, 2.75) is 57.9 Å². The van der Waals surface area contributed by atoms with Crippen LogP contribution in [0.4, 0.5) is 18.9 Å². The van der Waals surface area contributed by atoms with E-state index in [9.17, 15) is 41.9 Å². The summed E-state index contributed by atoms with van der Waals surface area (Å²) in [6.45, 7) is 0.787. The van der Waals surface area contributed by atoms with E-state index >= 15 is 0 Å². The summed E-state index contributed by atoms with van der Waals surface area (Å²) in [6, 6.07) is 6.10. The number of aliphatic carboxylic acids is 1. The number of hydrogen-bond donors (Lipinski definition) is 4. The summed E-state index contributed by atoms with van der Waals surface area (Å²) in [7, 11) is 0. The third kappa shape index (κ3) is 11.8. The number of amides is 3. The molecular weight excluding hydrogens is 577 g/mol. The van der Waals surface area contributed by atoms with E-state index in [0.717, 1.165) is 16.7 Å². The second kappa shape index (κ2) is 16.5. The fraction of sp³-hybridized carbons (Fsp3) is 0.357. The number of aromatic nitrogens is 1. The molecular formula is C28H31F3N4O8. The maximum absolute atomic E-state index is 13.2. The Morgan fingerprint density at radius 3 is 2.44 bits per heavy atom. The normalized spacial score (nSPS) is 11.9. The molecule has 1 aromatic heterocycles. The summed E-state index contributed by atoms with van der Waals surface area (Å²) in [4.78, 5) is 72.8. The van der Waals surface area contributed by atoms with Crippen molar-refractivity contribution >= 4 is 35.3 Å². The first-order chi connectivity index (χ1) is 20.3. The number of nitrogens with one attached hydrogen (secondary N) is 3. The molecule has 0 bridgehead atoms. The second-order valence-electron chi connectivity index (χ2n) is 9.02. The Labute approximate surface area is 243 Å². The van der Waals surface area contributed by atoms with Crippen LogP contribution in [0.15, 0.2) is 59.5 Å². The number of rotatable bonds is 15. The van der Waals surface area contributed by atoms with Crippen molar-refractivity contribution in [2.24, 2.45) is 0 Å². The molecule has 0 aliphatic rings. The Bertz CT molecular complexity index is 1400. The molecule has 0 saturated heterocycles. The molecule has 0 saturated carbocycles. The van der Waals surface area contributed by atoms with Gasteiger partial charge in [0, 0.05) is 25.2 Å². The quantitative estimate of drug-likeness (QED) is 0.176. The van der Waals surface area contributed by atoms with Crippen molar-refractivity contribution in [1.29, 1.82) is 0 Å². The van der Waals surface area contributed by atoms with Crippen LogP contribution in [0.3, 0.4) is 0 Å². The van der Waals surface area contributed by atoms with Gasteiger partial charge in [0.2, 0.25) is 17.7 Å². The fourth-order valence-corrected chi connectivity index (χ4v) is 3.72. The topological polar surface area (TPSA) is 173 Å². The van der Waals surface area contributed by atoms with E-state index in [1.165, 1.54) is 42.6 Å². The van der Waals surface area contributed by atoms with E-state index in [0.29, 0.717) is 0 Å². The maximum atomic E-state index is 13.2. The first-order valence-electron chi connectivity index (χ1n) is 13.1. The van der Waals surface area contributed by atoms with Crippen LogP contribution in [0.1, 0.15) is 43.7 Å². The molecule has 0 radical (unpaired) electrons. The summed E-state index contributed by atoms with van der Waals surface area (Å²) in [5.74, 6) is -4.14. The van der Waals surface area contributed by atoms with E-state index in [1.807, 2.05) is 0 Å². The summed E-state index contributed by atoms with van der Waals surface area (Å²) in [5, 5.41) is 15.9. The number of halogens is 3. The van der Waals surface area contributed by atoms with Gasteiger partial charge in [-0.3, -0.25) is 24.0 Å². The van der Waals surface area contributed by atoms with Gasteiger partial charge in [-0.25, -0.2) is 4.79 Å².